The maximum atomic E-state index is 13.5. The maximum absolute atomic E-state index is 13.5. The van der Waals surface area contributed by atoms with Crippen LogP contribution in [0.25, 0.3) is 0 Å². The molecule has 2 bridgehead atoms. The summed E-state index contributed by atoms with van der Waals surface area (Å²) < 4.78 is 5.01. The van der Waals surface area contributed by atoms with E-state index in [1.54, 1.807) is 0 Å². The van der Waals surface area contributed by atoms with Crippen LogP contribution in [0.1, 0.15) is 44.1 Å². The largest absolute Gasteiger partial charge is 0.467 e. The van der Waals surface area contributed by atoms with E-state index in [0.717, 1.165) is 31.5 Å². The highest BCUT2D eigenvalue weighted by atomic mass is 16.5. The Morgan fingerprint density at radius 3 is 2.81 bits per heavy atom. The number of hydrogen-bond donors (Lipinski definition) is 1. The summed E-state index contributed by atoms with van der Waals surface area (Å²) in [5.41, 5.74) is 2.46. The van der Waals surface area contributed by atoms with E-state index in [0.29, 0.717) is 24.3 Å². The van der Waals surface area contributed by atoms with E-state index in [1.807, 2.05) is 35.2 Å². The summed E-state index contributed by atoms with van der Waals surface area (Å²) in [6.07, 6.45) is 10.2. The second kappa shape index (κ2) is 9.26. The third-order valence-corrected chi connectivity index (χ3v) is 7.98. The van der Waals surface area contributed by atoms with Gasteiger partial charge in [0.15, 0.2) is 0 Å². The van der Waals surface area contributed by atoms with Crippen LogP contribution in [0.4, 0.5) is 4.79 Å². The third-order valence-electron chi connectivity index (χ3n) is 7.98. The number of amides is 2. The second-order valence-electron chi connectivity index (χ2n) is 9.92. The fourth-order valence-corrected chi connectivity index (χ4v) is 6.62. The maximum Gasteiger partial charge on any atom is 0.328 e. The van der Waals surface area contributed by atoms with Gasteiger partial charge in [-0.2, -0.15) is 0 Å². The number of carbonyl (C=O) groups is 2. The Labute approximate surface area is 191 Å². The van der Waals surface area contributed by atoms with E-state index < -0.39 is 12.0 Å². The number of esters is 1. The highest BCUT2D eigenvalue weighted by Gasteiger charge is 2.47. The van der Waals surface area contributed by atoms with Crippen LogP contribution in [0.5, 0.6) is 0 Å². The summed E-state index contributed by atoms with van der Waals surface area (Å²) in [6.45, 7) is 3.04. The Morgan fingerprint density at radius 2 is 2.00 bits per heavy atom. The van der Waals surface area contributed by atoms with Gasteiger partial charge in [-0.1, -0.05) is 48.4 Å². The lowest BCUT2D eigenvalue weighted by molar-refractivity contribution is -0.142. The molecule has 1 aromatic rings. The van der Waals surface area contributed by atoms with Gasteiger partial charge in [-0.25, -0.2) is 9.59 Å². The van der Waals surface area contributed by atoms with Crippen molar-refractivity contribution >= 4 is 12.0 Å². The van der Waals surface area contributed by atoms with Crippen LogP contribution in [0, 0.1) is 11.8 Å². The summed E-state index contributed by atoms with van der Waals surface area (Å²) in [5.74, 6) is 0.739. The zero-order valence-corrected chi connectivity index (χ0v) is 19.0. The zero-order chi connectivity index (χ0) is 22.1. The van der Waals surface area contributed by atoms with Crippen molar-refractivity contribution in [3.63, 3.8) is 0 Å². The first-order chi connectivity index (χ1) is 15.6. The molecule has 3 aliphatic heterocycles. The molecule has 0 radical (unpaired) electrons. The van der Waals surface area contributed by atoms with Crippen molar-refractivity contribution in [3.8, 4) is 0 Å². The number of benzene rings is 1. The van der Waals surface area contributed by atoms with Crippen LogP contribution >= 0.6 is 0 Å². The number of nitrogens with one attached hydrogen (secondary N) is 1. The monoisotopic (exact) mass is 437 g/mol. The van der Waals surface area contributed by atoms with E-state index >= 15 is 0 Å². The predicted molar refractivity (Wildman–Crippen MR) is 123 cm³/mol. The van der Waals surface area contributed by atoms with Crippen molar-refractivity contribution < 1.29 is 14.3 Å². The van der Waals surface area contributed by atoms with E-state index in [2.05, 4.69) is 16.3 Å². The van der Waals surface area contributed by atoms with Crippen molar-refractivity contribution in [3.05, 3.63) is 47.5 Å². The highest BCUT2D eigenvalue weighted by Crippen LogP contribution is 2.45. The fourth-order valence-electron chi connectivity index (χ4n) is 6.62. The Balaban J connectivity index is 1.34. The van der Waals surface area contributed by atoms with Gasteiger partial charge < -0.3 is 15.0 Å². The molecule has 0 saturated carbocycles. The molecule has 32 heavy (non-hydrogen) atoms. The first-order valence-electron chi connectivity index (χ1n) is 12.3. The quantitative estimate of drug-likeness (QED) is 0.580. The number of hydrogen-bond acceptors (Lipinski definition) is 4. The number of rotatable bonds is 4. The lowest BCUT2D eigenvalue weighted by Crippen LogP contribution is -2.62. The average molecular weight is 438 g/mol. The zero-order valence-electron chi connectivity index (χ0n) is 19.0. The van der Waals surface area contributed by atoms with Gasteiger partial charge in [-0.05, 0) is 56.0 Å². The molecule has 0 aromatic heterocycles. The summed E-state index contributed by atoms with van der Waals surface area (Å²) in [6, 6.07) is 9.84. The van der Waals surface area contributed by atoms with Crippen molar-refractivity contribution in [2.24, 2.45) is 11.8 Å². The molecule has 4 aliphatic rings. The Bertz CT molecular complexity index is 870. The number of likely N-dealkylation sites (tertiary alicyclic amines) is 1. The molecule has 1 N–H and O–H groups in total. The summed E-state index contributed by atoms with van der Waals surface area (Å²) in [7, 11) is 1.38. The molecule has 0 spiro atoms. The number of carbonyl (C=O) groups excluding carboxylic acids is 2. The van der Waals surface area contributed by atoms with Crippen molar-refractivity contribution in [2.75, 3.05) is 26.7 Å². The van der Waals surface area contributed by atoms with E-state index in [9.17, 15) is 9.59 Å². The van der Waals surface area contributed by atoms with Crippen LogP contribution in [0.2, 0.25) is 0 Å². The molecule has 2 amide bonds. The fraction of sp³-hybridized carbons (Fsp3) is 0.615. The molecule has 0 unspecified atom stereocenters. The Morgan fingerprint density at radius 1 is 1.16 bits per heavy atom. The first kappa shape index (κ1) is 21.5. The molecule has 172 valence electrons. The number of urea groups is 1. The number of ether oxygens (including phenoxy) is 1. The molecule has 5 rings (SSSR count). The number of methoxy groups -OCH3 is 1. The van der Waals surface area contributed by atoms with Crippen LogP contribution in [-0.4, -0.2) is 66.7 Å². The van der Waals surface area contributed by atoms with Crippen LogP contribution < -0.4 is 5.32 Å². The standard InChI is InChI=1S/C26H35N3O3/c1-32-25(30)22(14-18-8-3-2-4-9-18)27-26(31)29-13-7-10-19-15-20-16-21(24(19)29)17-28-12-6-5-11-23(20)28/h2-4,8-9,15,20-24H,5-7,10-14,16-17H2,1H3,(H,27,31)/t20-,21-,22+,23-,24-/m1/s1. The molecular weight excluding hydrogens is 402 g/mol. The predicted octanol–water partition coefficient (Wildman–Crippen LogP) is 3.38. The summed E-state index contributed by atoms with van der Waals surface area (Å²) in [4.78, 5) is 30.7. The van der Waals surface area contributed by atoms with Gasteiger partial charge in [-0.15, -0.1) is 0 Å². The lowest BCUT2D eigenvalue weighted by atomic mass is 9.68. The van der Waals surface area contributed by atoms with Gasteiger partial charge in [0, 0.05) is 25.6 Å². The van der Waals surface area contributed by atoms with E-state index in [4.69, 9.17) is 4.74 Å². The molecule has 6 nitrogen and oxygen atoms in total. The number of fused-ring (bicyclic) bond motifs is 6. The van der Waals surface area contributed by atoms with Gasteiger partial charge >= 0.3 is 12.0 Å². The molecule has 3 heterocycles. The van der Waals surface area contributed by atoms with Gasteiger partial charge in [0.25, 0.3) is 0 Å². The Hall–Kier alpha value is -2.34. The molecule has 3 saturated heterocycles. The lowest BCUT2D eigenvalue weighted by Gasteiger charge is -2.54. The number of piperidine rings is 3. The normalized spacial score (nSPS) is 30.4. The molecule has 1 aromatic carbocycles. The molecule has 6 heteroatoms. The topological polar surface area (TPSA) is 61.9 Å². The van der Waals surface area contributed by atoms with Gasteiger partial charge in [0.1, 0.15) is 6.04 Å². The molecule has 1 aliphatic carbocycles. The SMILES string of the molecule is COC(=O)[C@H](Cc1ccccc1)NC(=O)N1CCCC2=C[C@@H]3C[C@H](CN4CCCC[C@H]34)[C@@H]21. The molecular formula is C26H35N3O3. The van der Waals surface area contributed by atoms with E-state index in [1.165, 1.54) is 44.9 Å². The highest BCUT2D eigenvalue weighted by molar-refractivity contribution is 5.84. The minimum atomic E-state index is -0.682. The van der Waals surface area contributed by atoms with Crippen molar-refractivity contribution in [1.82, 2.24) is 15.1 Å². The van der Waals surface area contributed by atoms with E-state index in [-0.39, 0.29) is 12.1 Å². The van der Waals surface area contributed by atoms with Gasteiger partial charge in [-0.3, -0.25) is 4.90 Å². The third kappa shape index (κ3) is 4.17. The summed E-state index contributed by atoms with van der Waals surface area (Å²) >= 11 is 0. The summed E-state index contributed by atoms with van der Waals surface area (Å²) in [5, 5.41) is 3.02. The average Bonchev–Trinajstić information content (AvgIpc) is 2.83. The van der Waals surface area contributed by atoms with Crippen molar-refractivity contribution in [2.45, 2.75) is 63.1 Å². The first-order valence-corrected chi connectivity index (χ1v) is 12.3. The second-order valence-corrected chi connectivity index (χ2v) is 9.92. The molecule has 5 atom stereocenters. The van der Waals surface area contributed by atoms with Crippen LogP contribution in [0.15, 0.2) is 42.0 Å². The van der Waals surface area contributed by atoms with Gasteiger partial charge in [0.2, 0.25) is 0 Å². The smallest absolute Gasteiger partial charge is 0.328 e. The van der Waals surface area contributed by atoms with Crippen LogP contribution in [-0.2, 0) is 16.0 Å². The Kier molecular flexibility index (Phi) is 6.22. The number of nitrogens with zero attached hydrogens (tertiary/aromatic N) is 2. The molecule has 3 fully saturated rings. The minimum absolute atomic E-state index is 0.133. The minimum Gasteiger partial charge on any atom is -0.467 e. The van der Waals surface area contributed by atoms with Crippen molar-refractivity contribution in [1.29, 1.82) is 0 Å². The van der Waals surface area contributed by atoms with Crippen LogP contribution in [0.3, 0.4) is 0 Å². The van der Waals surface area contributed by atoms with Gasteiger partial charge in [0.05, 0.1) is 13.2 Å².